The summed E-state index contributed by atoms with van der Waals surface area (Å²) in [5, 5.41) is 0. The van der Waals surface area contributed by atoms with Crippen LogP contribution in [0.25, 0.3) is 5.57 Å². The van der Waals surface area contributed by atoms with Gasteiger partial charge in [-0.2, -0.15) is 0 Å². The van der Waals surface area contributed by atoms with Gasteiger partial charge in [0, 0.05) is 24.3 Å². The first-order chi connectivity index (χ1) is 11.7. The summed E-state index contributed by atoms with van der Waals surface area (Å²) in [6.07, 6.45) is 1.86. The maximum absolute atomic E-state index is 15.5. The zero-order valence-electron chi connectivity index (χ0n) is 15.2. The van der Waals surface area contributed by atoms with Crippen LogP contribution in [0.3, 0.4) is 0 Å². The second-order valence-electron chi connectivity index (χ2n) is 7.15. The number of hydrogen-bond acceptors (Lipinski definition) is 0. The molecule has 0 atom stereocenters. The van der Waals surface area contributed by atoms with Gasteiger partial charge in [-0.15, -0.1) is 0 Å². The highest BCUT2D eigenvalue weighted by molar-refractivity contribution is 6.58. The number of benzene rings is 1. The third-order valence-electron chi connectivity index (χ3n) is 5.35. The molecule has 2 aliphatic rings. The van der Waals surface area contributed by atoms with E-state index in [1.807, 2.05) is 57.2 Å². The number of rotatable bonds is 1. The van der Waals surface area contributed by atoms with Crippen molar-refractivity contribution in [3.63, 3.8) is 0 Å². The van der Waals surface area contributed by atoms with Crippen LogP contribution in [-0.4, -0.2) is 21.6 Å². The fourth-order valence-electron chi connectivity index (χ4n) is 4.41. The van der Waals surface area contributed by atoms with E-state index in [1.165, 1.54) is 8.96 Å². The Labute approximate surface area is 146 Å². The minimum atomic E-state index is -3.90. The first kappa shape index (κ1) is 16.1. The summed E-state index contributed by atoms with van der Waals surface area (Å²) in [5.41, 5.74) is 7.27. The van der Waals surface area contributed by atoms with Crippen molar-refractivity contribution in [3.05, 3.63) is 75.8 Å². The van der Waals surface area contributed by atoms with E-state index in [4.69, 9.17) is 0 Å². The Bertz CT molecular complexity index is 1020. The van der Waals surface area contributed by atoms with E-state index in [0.29, 0.717) is 22.8 Å². The van der Waals surface area contributed by atoms with Crippen LogP contribution in [0, 0.1) is 20.8 Å². The van der Waals surface area contributed by atoms with E-state index in [0.717, 1.165) is 27.8 Å². The Hall–Kier alpha value is -2.43. The van der Waals surface area contributed by atoms with Crippen LogP contribution in [0.4, 0.5) is 8.63 Å². The fourth-order valence-corrected chi connectivity index (χ4v) is 4.41. The summed E-state index contributed by atoms with van der Waals surface area (Å²) in [4.78, 5) is 0. The van der Waals surface area contributed by atoms with Crippen LogP contribution in [0.2, 0.25) is 0 Å². The molecule has 0 saturated carbocycles. The van der Waals surface area contributed by atoms with Crippen LogP contribution in [0.15, 0.2) is 47.7 Å². The lowest BCUT2D eigenvalue weighted by molar-refractivity contribution is -0.363. The number of aryl methyl sites for hydroxylation is 3. The number of nitrogens with zero attached hydrogens (tertiary/aromatic N) is 2. The molecule has 25 heavy (non-hydrogen) atoms. The van der Waals surface area contributed by atoms with Gasteiger partial charge in [-0.1, -0.05) is 24.3 Å². The van der Waals surface area contributed by atoms with Gasteiger partial charge >= 0.3 is 6.97 Å². The average Bonchev–Trinajstić information content (AvgIpc) is 2.99. The number of aromatic nitrogens is 1. The summed E-state index contributed by atoms with van der Waals surface area (Å²) in [5.74, 6) is 0. The van der Waals surface area contributed by atoms with Gasteiger partial charge in [0.1, 0.15) is 5.71 Å². The number of hydrogen-bond donors (Lipinski definition) is 0. The fraction of sp³-hybridized carbons (Fsp3) is 0.250. The molecule has 0 N–H and O–H groups in total. The van der Waals surface area contributed by atoms with Gasteiger partial charge in [0.2, 0.25) is 0 Å². The quantitative estimate of drug-likeness (QED) is 0.658. The van der Waals surface area contributed by atoms with Gasteiger partial charge < -0.3 is 17.6 Å². The molecule has 0 bridgehead atoms. The maximum Gasteiger partial charge on any atom is 0.737 e. The first-order valence-electron chi connectivity index (χ1n) is 8.58. The summed E-state index contributed by atoms with van der Waals surface area (Å²) in [6.45, 7) is 5.50. The van der Waals surface area contributed by atoms with E-state index in [2.05, 4.69) is 0 Å². The van der Waals surface area contributed by atoms with Crippen molar-refractivity contribution in [1.82, 2.24) is 4.48 Å². The van der Waals surface area contributed by atoms with Gasteiger partial charge in [-0.3, -0.25) is 0 Å². The zero-order chi connectivity index (χ0) is 18.1. The molecule has 0 unspecified atom stereocenters. The molecule has 4 rings (SSSR count). The van der Waals surface area contributed by atoms with Crippen molar-refractivity contribution in [3.8, 4) is 0 Å². The van der Waals surface area contributed by atoms with Crippen LogP contribution in [0.1, 0.15) is 41.9 Å². The number of allylic oxidation sites excluding steroid dienone is 2. The Morgan fingerprint density at radius 2 is 1.64 bits per heavy atom. The largest absolute Gasteiger partial charge is 0.737 e. The van der Waals surface area contributed by atoms with Gasteiger partial charge in [0.15, 0.2) is 5.70 Å². The number of fused-ring (bicyclic) bond motifs is 2. The van der Waals surface area contributed by atoms with Gasteiger partial charge in [-0.25, -0.2) is 0 Å². The normalized spacial score (nSPS) is 18.4. The highest BCUT2D eigenvalue weighted by atomic mass is 19.2. The molecule has 2 aliphatic heterocycles. The lowest BCUT2D eigenvalue weighted by atomic mass is 9.83. The molecule has 0 amide bonds. The highest BCUT2D eigenvalue weighted by Gasteiger charge is 2.55. The van der Waals surface area contributed by atoms with Crippen molar-refractivity contribution in [2.75, 3.05) is 0 Å². The monoisotopic (exact) mass is 338 g/mol. The van der Waals surface area contributed by atoms with Crippen molar-refractivity contribution in [2.24, 2.45) is 0 Å². The van der Waals surface area contributed by atoms with Gasteiger partial charge in [0.25, 0.3) is 0 Å². The van der Waals surface area contributed by atoms with Crippen LogP contribution < -0.4 is 0 Å². The maximum atomic E-state index is 15.5. The minimum absolute atomic E-state index is 0.597. The SMILES string of the molecule is CC1=CC(C)=[N+]2C1=C(c1ccccc1C)c1c(C)cc(C)n1[B-]2(F)F. The molecular weight excluding hydrogens is 317 g/mol. The van der Waals surface area contributed by atoms with E-state index in [-0.39, 0.29) is 0 Å². The zero-order valence-corrected chi connectivity index (χ0v) is 15.2. The lowest BCUT2D eigenvalue weighted by Gasteiger charge is -2.34. The summed E-state index contributed by atoms with van der Waals surface area (Å²) < 4.78 is 33.5. The van der Waals surface area contributed by atoms with Crippen molar-refractivity contribution in [1.29, 1.82) is 0 Å². The second-order valence-corrected chi connectivity index (χ2v) is 7.15. The molecule has 1 aromatic carbocycles. The molecule has 128 valence electrons. The lowest BCUT2D eigenvalue weighted by Crippen LogP contribution is -2.51. The van der Waals surface area contributed by atoms with Gasteiger partial charge in [0.05, 0.1) is 5.57 Å². The molecule has 5 heteroatoms. The Kier molecular flexibility index (Phi) is 3.24. The minimum Gasteiger partial charge on any atom is -0.393 e. The van der Waals surface area contributed by atoms with E-state index in [9.17, 15) is 0 Å². The predicted octanol–water partition coefficient (Wildman–Crippen LogP) is 4.84. The number of halogens is 2. The third kappa shape index (κ3) is 1.98. The van der Waals surface area contributed by atoms with Crippen LogP contribution in [-0.2, 0) is 0 Å². The predicted molar refractivity (Wildman–Crippen MR) is 99.2 cm³/mol. The Morgan fingerprint density at radius 1 is 0.960 bits per heavy atom. The topological polar surface area (TPSA) is 7.94 Å². The molecule has 0 aliphatic carbocycles. The molecule has 0 saturated heterocycles. The van der Waals surface area contributed by atoms with Crippen molar-refractivity contribution < 1.29 is 13.1 Å². The summed E-state index contributed by atoms with van der Waals surface area (Å²) in [7, 11) is 0. The standard InChI is InChI=1S/C20H21BF2N2/c1-12-8-6-7-9-17(12)18-19-13(2)10-15(4)24(19)21(22,23)25-16(5)11-14(3)20(18)25/h6-11H,1-5H3. The molecule has 2 nitrogen and oxygen atoms in total. The molecule has 2 aromatic rings. The summed E-state index contributed by atoms with van der Waals surface area (Å²) >= 11 is 0. The van der Waals surface area contributed by atoms with Crippen molar-refractivity contribution >= 4 is 18.3 Å². The van der Waals surface area contributed by atoms with E-state index < -0.39 is 6.97 Å². The second kappa shape index (κ2) is 5.04. The smallest absolute Gasteiger partial charge is 0.393 e. The summed E-state index contributed by atoms with van der Waals surface area (Å²) in [6, 6.07) is 9.87. The molecule has 1 aromatic heterocycles. The Balaban J connectivity index is 2.22. The van der Waals surface area contributed by atoms with E-state index in [1.54, 1.807) is 13.8 Å². The van der Waals surface area contributed by atoms with E-state index >= 15 is 8.63 Å². The highest BCUT2D eigenvalue weighted by Crippen LogP contribution is 2.44. The molecule has 0 radical (unpaired) electrons. The van der Waals surface area contributed by atoms with Crippen LogP contribution in [0.5, 0.6) is 0 Å². The van der Waals surface area contributed by atoms with Crippen LogP contribution >= 0.6 is 0 Å². The molecule has 0 spiro atoms. The molecule has 0 fully saturated rings. The third-order valence-corrected chi connectivity index (χ3v) is 5.35. The first-order valence-corrected chi connectivity index (χ1v) is 8.58. The Morgan fingerprint density at radius 3 is 2.32 bits per heavy atom. The molecular formula is C20H21BF2N2. The van der Waals surface area contributed by atoms with Gasteiger partial charge in [-0.05, 0) is 56.1 Å². The van der Waals surface area contributed by atoms with Crippen molar-refractivity contribution in [2.45, 2.75) is 34.6 Å². The molecule has 3 heterocycles. The average molecular weight is 338 g/mol.